The van der Waals surface area contributed by atoms with Crippen molar-refractivity contribution in [2.24, 2.45) is 0 Å². The first kappa shape index (κ1) is 17.5. The van der Waals surface area contributed by atoms with E-state index in [1.54, 1.807) is 12.4 Å². The van der Waals surface area contributed by atoms with Gasteiger partial charge in [-0.1, -0.05) is 44.4 Å². The van der Waals surface area contributed by atoms with E-state index >= 15 is 0 Å². The van der Waals surface area contributed by atoms with Gasteiger partial charge in [0.15, 0.2) is 0 Å². The van der Waals surface area contributed by atoms with Gasteiger partial charge in [0, 0.05) is 24.1 Å². The average Bonchev–Trinajstić information content (AvgIpc) is 2.64. The first-order valence-corrected chi connectivity index (χ1v) is 9.29. The number of carbonyl (C=O) groups is 1. The lowest BCUT2D eigenvalue weighted by atomic mass is 9.95. The van der Waals surface area contributed by atoms with Gasteiger partial charge in [-0.2, -0.15) is 0 Å². The second-order valence-electron chi connectivity index (χ2n) is 6.86. The van der Waals surface area contributed by atoms with Crippen LogP contribution in [0, 0.1) is 6.92 Å². The molecule has 3 rings (SSSR count). The van der Waals surface area contributed by atoms with Crippen molar-refractivity contribution in [1.29, 1.82) is 0 Å². The molecule has 1 saturated carbocycles. The van der Waals surface area contributed by atoms with Gasteiger partial charge in [-0.15, -0.1) is 0 Å². The molecule has 4 nitrogen and oxygen atoms in total. The zero-order chi connectivity index (χ0) is 17.6. The Kier molecular flexibility index (Phi) is 5.69. The molecule has 0 radical (unpaired) electrons. The van der Waals surface area contributed by atoms with Gasteiger partial charge in [0.05, 0.1) is 11.3 Å². The molecule has 1 aliphatic carbocycles. The highest BCUT2D eigenvalue weighted by Gasteiger charge is 2.15. The fraction of sp³-hybridized carbons (Fsp3) is 0.429. The minimum Gasteiger partial charge on any atom is -0.381 e. The van der Waals surface area contributed by atoms with E-state index < -0.39 is 0 Å². The lowest BCUT2D eigenvalue weighted by molar-refractivity contribution is 0.102. The summed E-state index contributed by atoms with van der Waals surface area (Å²) < 4.78 is 0. The van der Waals surface area contributed by atoms with Crippen LogP contribution in [0.5, 0.6) is 0 Å². The van der Waals surface area contributed by atoms with Crippen LogP contribution in [0.3, 0.4) is 0 Å². The number of nitrogens with one attached hydrogen (secondary N) is 2. The fourth-order valence-corrected chi connectivity index (χ4v) is 3.51. The van der Waals surface area contributed by atoms with Crippen LogP contribution in [-0.2, 0) is 6.42 Å². The Hall–Kier alpha value is -2.36. The summed E-state index contributed by atoms with van der Waals surface area (Å²) in [5.41, 5.74) is 4.67. The van der Waals surface area contributed by atoms with Crippen molar-refractivity contribution in [2.75, 3.05) is 10.6 Å². The van der Waals surface area contributed by atoms with E-state index in [0.717, 1.165) is 28.9 Å². The van der Waals surface area contributed by atoms with Crippen molar-refractivity contribution in [2.45, 2.75) is 58.4 Å². The standard InChI is InChI=1S/C21H27N3O/c1-3-16-9-7-8-15(2)20(16)24-21(25)17-12-19(14-22-13-17)23-18-10-5-4-6-11-18/h7-9,12-14,18,23H,3-6,10-11H2,1-2H3,(H,24,25). The monoisotopic (exact) mass is 337 g/mol. The summed E-state index contributed by atoms with van der Waals surface area (Å²) in [6.45, 7) is 4.12. The first-order chi connectivity index (χ1) is 12.2. The normalized spacial score (nSPS) is 15.0. The first-order valence-electron chi connectivity index (χ1n) is 9.29. The molecule has 1 fully saturated rings. The van der Waals surface area contributed by atoms with Crippen molar-refractivity contribution in [3.8, 4) is 0 Å². The van der Waals surface area contributed by atoms with Crippen LogP contribution in [0.2, 0.25) is 0 Å². The molecular formula is C21H27N3O. The van der Waals surface area contributed by atoms with Gasteiger partial charge >= 0.3 is 0 Å². The third-order valence-electron chi connectivity index (χ3n) is 4.95. The molecule has 1 aromatic heterocycles. The van der Waals surface area contributed by atoms with Gasteiger partial charge in [-0.3, -0.25) is 9.78 Å². The Morgan fingerprint density at radius 2 is 2.00 bits per heavy atom. The second-order valence-corrected chi connectivity index (χ2v) is 6.86. The molecule has 1 heterocycles. The molecule has 1 aliphatic rings. The van der Waals surface area contributed by atoms with Crippen LogP contribution in [0.25, 0.3) is 0 Å². The van der Waals surface area contributed by atoms with Crippen molar-refractivity contribution in [3.05, 3.63) is 53.3 Å². The number of para-hydroxylation sites is 1. The third kappa shape index (κ3) is 4.38. The van der Waals surface area contributed by atoms with E-state index in [1.165, 1.54) is 32.1 Å². The molecule has 0 unspecified atom stereocenters. The highest BCUT2D eigenvalue weighted by Crippen LogP contribution is 2.24. The highest BCUT2D eigenvalue weighted by molar-refractivity contribution is 6.05. The Morgan fingerprint density at radius 3 is 2.76 bits per heavy atom. The van der Waals surface area contributed by atoms with Crippen LogP contribution in [-0.4, -0.2) is 16.9 Å². The van der Waals surface area contributed by atoms with Gasteiger partial charge in [0.25, 0.3) is 5.91 Å². The number of aryl methyl sites for hydroxylation is 2. The average molecular weight is 337 g/mol. The third-order valence-corrected chi connectivity index (χ3v) is 4.95. The molecule has 0 spiro atoms. The number of hydrogen-bond donors (Lipinski definition) is 2. The quantitative estimate of drug-likeness (QED) is 0.811. The Bertz CT molecular complexity index is 736. The molecular weight excluding hydrogens is 310 g/mol. The molecule has 2 N–H and O–H groups in total. The van der Waals surface area contributed by atoms with Gasteiger partial charge < -0.3 is 10.6 Å². The number of benzene rings is 1. The molecule has 0 saturated heterocycles. The summed E-state index contributed by atoms with van der Waals surface area (Å²) in [4.78, 5) is 17.0. The van der Waals surface area contributed by atoms with Gasteiger partial charge in [-0.05, 0) is 43.4 Å². The van der Waals surface area contributed by atoms with Gasteiger partial charge in [-0.25, -0.2) is 0 Å². The number of aromatic nitrogens is 1. The molecule has 1 aromatic carbocycles. The predicted molar refractivity (Wildman–Crippen MR) is 103 cm³/mol. The van der Waals surface area contributed by atoms with Gasteiger partial charge in [0.1, 0.15) is 0 Å². The lowest BCUT2D eigenvalue weighted by Crippen LogP contribution is -2.22. The summed E-state index contributed by atoms with van der Waals surface area (Å²) in [6.07, 6.45) is 10.6. The summed E-state index contributed by atoms with van der Waals surface area (Å²) in [5, 5.41) is 6.60. The predicted octanol–water partition coefficient (Wildman–Crippen LogP) is 4.95. The Balaban J connectivity index is 1.73. The Labute approximate surface area is 150 Å². The highest BCUT2D eigenvalue weighted by atomic mass is 16.1. The number of nitrogens with zero attached hydrogens (tertiary/aromatic N) is 1. The zero-order valence-electron chi connectivity index (χ0n) is 15.1. The largest absolute Gasteiger partial charge is 0.381 e. The van der Waals surface area contributed by atoms with E-state index in [4.69, 9.17) is 0 Å². The van der Waals surface area contributed by atoms with E-state index in [-0.39, 0.29) is 5.91 Å². The maximum absolute atomic E-state index is 12.7. The second kappa shape index (κ2) is 8.15. The number of anilines is 2. The van der Waals surface area contributed by atoms with Crippen molar-refractivity contribution >= 4 is 17.3 Å². The molecule has 132 valence electrons. The van der Waals surface area contributed by atoms with Crippen LogP contribution < -0.4 is 10.6 Å². The van der Waals surface area contributed by atoms with E-state index in [2.05, 4.69) is 28.6 Å². The smallest absolute Gasteiger partial charge is 0.257 e. The minimum atomic E-state index is -0.108. The van der Waals surface area contributed by atoms with Gasteiger partial charge in [0.2, 0.25) is 0 Å². The van der Waals surface area contributed by atoms with Crippen LogP contribution in [0.4, 0.5) is 11.4 Å². The molecule has 0 atom stereocenters. The molecule has 0 aliphatic heterocycles. The van der Waals surface area contributed by atoms with Crippen LogP contribution in [0.1, 0.15) is 60.5 Å². The summed E-state index contributed by atoms with van der Waals surface area (Å²) >= 11 is 0. The topological polar surface area (TPSA) is 54.0 Å². The summed E-state index contributed by atoms with van der Waals surface area (Å²) in [7, 11) is 0. The number of rotatable bonds is 5. The molecule has 2 aromatic rings. The lowest BCUT2D eigenvalue weighted by Gasteiger charge is -2.23. The molecule has 25 heavy (non-hydrogen) atoms. The van der Waals surface area contributed by atoms with E-state index in [0.29, 0.717) is 11.6 Å². The Morgan fingerprint density at radius 1 is 1.20 bits per heavy atom. The number of pyridine rings is 1. The van der Waals surface area contributed by atoms with Crippen molar-refractivity contribution in [1.82, 2.24) is 4.98 Å². The molecule has 4 heteroatoms. The number of amides is 1. The number of hydrogen-bond acceptors (Lipinski definition) is 3. The number of carbonyl (C=O) groups excluding carboxylic acids is 1. The van der Waals surface area contributed by atoms with E-state index in [9.17, 15) is 4.79 Å². The SMILES string of the molecule is CCc1cccc(C)c1NC(=O)c1cncc(NC2CCCCC2)c1. The van der Waals surface area contributed by atoms with Crippen LogP contribution in [0.15, 0.2) is 36.7 Å². The summed E-state index contributed by atoms with van der Waals surface area (Å²) in [6, 6.07) is 8.51. The van der Waals surface area contributed by atoms with Crippen LogP contribution >= 0.6 is 0 Å². The fourth-order valence-electron chi connectivity index (χ4n) is 3.51. The van der Waals surface area contributed by atoms with Crippen molar-refractivity contribution < 1.29 is 4.79 Å². The van der Waals surface area contributed by atoms with Crippen molar-refractivity contribution in [3.63, 3.8) is 0 Å². The molecule has 0 bridgehead atoms. The molecule has 1 amide bonds. The minimum absolute atomic E-state index is 0.108. The van der Waals surface area contributed by atoms with E-state index in [1.807, 2.05) is 25.1 Å². The zero-order valence-corrected chi connectivity index (χ0v) is 15.1. The maximum Gasteiger partial charge on any atom is 0.257 e. The maximum atomic E-state index is 12.7. The summed E-state index contributed by atoms with van der Waals surface area (Å²) in [5.74, 6) is -0.108.